The second-order valence-corrected chi connectivity index (χ2v) is 4.44. The number of aldehydes is 1. The fourth-order valence-electron chi connectivity index (χ4n) is 1.79. The molecule has 0 spiro atoms. The molecule has 3 heteroatoms. The lowest BCUT2D eigenvalue weighted by Crippen LogP contribution is -1.91. The number of rotatable bonds is 3. The SMILES string of the molecule is COc1ccc(-c2ccc(C)c(Cl)c2)c(C=O)c1. The molecule has 2 aromatic carbocycles. The number of methoxy groups -OCH3 is 1. The van der Waals surface area contributed by atoms with Gasteiger partial charge in [-0.2, -0.15) is 0 Å². The van der Waals surface area contributed by atoms with Gasteiger partial charge in [-0.3, -0.25) is 4.79 Å². The van der Waals surface area contributed by atoms with Crippen molar-refractivity contribution in [3.63, 3.8) is 0 Å². The first-order valence-corrected chi connectivity index (χ1v) is 5.93. The van der Waals surface area contributed by atoms with Crippen LogP contribution in [0.15, 0.2) is 36.4 Å². The number of benzene rings is 2. The first-order chi connectivity index (χ1) is 8.65. The lowest BCUT2D eigenvalue weighted by molar-refractivity contribution is 0.112. The molecule has 0 saturated carbocycles. The topological polar surface area (TPSA) is 26.3 Å². The van der Waals surface area contributed by atoms with E-state index in [1.807, 2.05) is 37.3 Å². The Bertz CT molecular complexity index is 591. The Morgan fingerprint density at radius 3 is 2.56 bits per heavy atom. The average molecular weight is 261 g/mol. The largest absolute Gasteiger partial charge is 0.497 e. The highest BCUT2D eigenvalue weighted by Crippen LogP contribution is 2.29. The van der Waals surface area contributed by atoms with E-state index in [1.165, 1.54) is 0 Å². The van der Waals surface area contributed by atoms with E-state index in [0.717, 1.165) is 23.0 Å². The van der Waals surface area contributed by atoms with Gasteiger partial charge in [0.25, 0.3) is 0 Å². The molecule has 18 heavy (non-hydrogen) atoms. The molecule has 0 aromatic heterocycles. The molecule has 0 aliphatic carbocycles. The lowest BCUT2D eigenvalue weighted by Gasteiger charge is -2.08. The molecule has 0 atom stereocenters. The van der Waals surface area contributed by atoms with Crippen LogP contribution >= 0.6 is 11.6 Å². The second kappa shape index (κ2) is 5.23. The van der Waals surface area contributed by atoms with E-state index in [9.17, 15) is 4.79 Å². The fraction of sp³-hybridized carbons (Fsp3) is 0.133. The van der Waals surface area contributed by atoms with Gasteiger partial charge in [0.05, 0.1) is 7.11 Å². The van der Waals surface area contributed by atoms with E-state index >= 15 is 0 Å². The summed E-state index contributed by atoms with van der Waals surface area (Å²) in [6.07, 6.45) is 0.825. The molecule has 2 rings (SSSR count). The lowest BCUT2D eigenvalue weighted by atomic mass is 9.99. The molecule has 0 bridgehead atoms. The number of carbonyl (C=O) groups excluding carboxylic acids is 1. The standard InChI is InChI=1S/C15H13ClO2/c1-10-3-4-11(8-15(10)16)14-6-5-13(18-2)7-12(14)9-17/h3-9H,1-2H3. The molecule has 0 N–H and O–H groups in total. The van der Waals surface area contributed by atoms with Crippen LogP contribution in [0, 0.1) is 6.92 Å². The van der Waals surface area contributed by atoms with Gasteiger partial charge in [-0.1, -0.05) is 23.7 Å². The van der Waals surface area contributed by atoms with Crippen LogP contribution in [0.1, 0.15) is 15.9 Å². The van der Waals surface area contributed by atoms with Crippen molar-refractivity contribution in [3.8, 4) is 16.9 Å². The zero-order chi connectivity index (χ0) is 13.1. The van der Waals surface area contributed by atoms with Crippen molar-refractivity contribution >= 4 is 17.9 Å². The monoisotopic (exact) mass is 260 g/mol. The minimum absolute atomic E-state index is 0.592. The van der Waals surface area contributed by atoms with E-state index in [1.54, 1.807) is 13.2 Å². The normalized spacial score (nSPS) is 10.2. The molecule has 2 nitrogen and oxygen atoms in total. The molecule has 0 aliphatic rings. The van der Waals surface area contributed by atoms with Crippen LogP contribution in [0.5, 0.6) is 5.75 Å². The molecule has 0 heterocycles. The molecule has 2 aromatic rings. The predicted molar refractivity (Wildman–Crippen MR) is 73.6 cm³/mol. The van der Waals surface area contributed by atoms with Crippen molar-refractivity contribution in [2.75, 3.05) is 7.11 Å². The summed E-state index contributed by atoms with van der Waals surface area (Å²) in [6.45, 7) is 1.95. The second-order valence-electron chi connectivity index (χ2n) is 4.03. The Kier molecular flexibility index (Phi) is 3.68. The van der Waals surface area contributed by atoms with E-state index in [4.69, 9.17) is 16.3 Å². The summed E-state index contributed by atoms with van der Waals surface area (Å²) in [5.41, 5.74) is 3.39. The van der Waals surface area contributed by atoms with Gasteiger partial charge in [-0.25, -0.2) is 0 Å². The molecule has 0 radical (unpaired) electrons. The Labute approximate surface area is 111 Å². The summed E-state index contributed by atoms with van der Waals surface area (Å²) in [5, 5.41) is 0.695. The van der Waals surface area contributed by atoms with Crippen LogP contribution in [0.25, 0.3) is 11.1 Å². The minimum Gasteiger partial charge on any atom is -0.497 e. The van der Waals surface area contributed by atoms with Crippen LogP contribution in [-0.2, 0) is 0 Å². The molecule has 0 aliphatic heterocycles. The van der Waals surface area contributed by atoms with Crippen molar-refractivity contribution in [1.29, 1.82) is 0 Å². The van der Waals surface area contributed by atoms with Crippen molar-refractivity contribution in [3.05, 3.63) is 52.5 Å². The van der Waals surface area contributed by atoms with Crippen LogP contribution < -0.4 is 4.74 Å². The Morgan fingerprint density at radius 2 is 1.94 bits per heavy atom. The third-order valence-corrected chi connectivity index (χ3v) is 3.28. The van der Waals surface area contributed by atoms with E-state index in [2.05, 4.69) is 0 Å². The molecular weight excluding hydrogens is 248 g/mol. The highest BCUT2D eigenvalue weighted by Gasteiger charge is 2.07. The van der Waals surface area contributed by atoms with E-state index < -0.39 is 0 Å². The van der Waals surface area contributed by atoms with Gasteiger partial charge >= 0.3 is 0 Å². The van der Waals surface area contributed by atoms with Crippen molar-refractivity contribution < 1.29 is 9.53 Å². The van der Waals surface area contributed by atoms with E-state index in [0.29, 0.717) is 16.3 Å². The first kappa shape index (κ1) is 12.7. The van der Waals surface area contributed by atoms with Gasteiger partial charge in [-0.15, -0.1) is 0 Å². The summed E-state index contributed by atoms with van der Waals surface area (Å²) >= 11 is 6.10. The molecule has 0 saturated heterocycles. The van der Waals surface area contributed by atoms with Crippen LogP contribution in [-0.4, -0.2) is 13.4 Å². The van der Waals surface area contributed by atoms with Crippen molar-refractivity contribution in [1.82, 2.24) is 0 Å². The molecule has 0 amide bonds. The van der Waals surface area contributed by atoms with Gasteiger partial charge in [0.1, 0.15) is 5.75 Å². The summed E-state index contributed by atoms with van der Waals surface area (Å²) in [6, 6.07) is 11.2. The van der Waals surface area contributed by atoms with Gasteiger partial charge < -0.3 is 4.74 Å². The number of halogens is 1. The quantitative estimate of drug-likeness (QED) is 0.776. The third kappa shape index (κ3) is 2.39. The maximum absolute atomic E-state index is 11.1. The Hall–Kier alpha value is -1.80. The first-order valence-electron chi connectivity index (χ1n) is 5.55. The molecule has 0 fully saturated rings. The highest BCUT2D eigenvalue weighted by molar-refractivity contribution is 6.31. The number of hydrogen-bond acceptors (Lipinski definition) is 2. The van der Waals surface area contributed by atoms with Gasteiger partial charge in [0.2, 0.25) is 0 Å². The average Bonchev–Trinajstić information content (AvgIpc) is 2.41. The van der Waals surface area contributed by atoms with Crippen molar-refractivity contribution in [2.24, 2.45) is 0 Å². The summed E-state index contributed by atoms with van der Waals surface area (Å²) in [7, 11) is 1.58. The van der Waals surface area contributed by atoms with E-state index in [-0.39, 0.29) is 0 Å². The predicted octanol–water partition coefficient (Wildman–Crippen LogP) is 4.14. The molecular formula is C15H13ClO2. The maximum atomic E-state index is 11.1. The zero-order valence-electron chi connectivity index (χ0n) is 10.2. The summed E-state index contributed by atoms with van der Waals surface area (Å²) in [4.78, 5) is 11.1. The van der Waals surface area contributed by atoms with Gasteiger partial charge in [0, 0.05) is 10.6 Å². The van der Waals surface area contributed by atoms with Crippen LogP contribution in [0.3, 0.4) is 0 Å². The third-order valence-electron chi connectivity index (χ3n) is 2.87. The number of carbonyl (C=O) groups is 1. The molecule has 0 unspecified atom stereocenters. The number of ether oxygens (including phenoxy) is 1. The highest BCUT2D eigenvalue weighted by atomic mass is 35.5. The van der Waals surface area contributed by atoms with Gasteiger partial charge in [-0.05, 0) is 47.9 Å². The number of hydrogen-bond donors (Lipinski definition) is 0. The van der Waals surface area contributed by atoms with Crippen LogP contribution in [0.4, 0.5) is 0 Å². The smallest absolute Gasteiger partial charge is 0.150 e. The minimum atomic E-state index is 0.592. The van der Waals surface area contributed by atoms with Crippen molar-refractivity contribution in [2.45, 2.75) is 6.92 Å². The molecule has 92 valence electrons. The van der Waals surface area contributed by atoms with Gasteiger partial charge in [0.15, 0.2) is 6.29 Å². The Morgan fingerprint density at radius 1 is 1.17 bits per heavy atom. The van der Waals surface area contributed by atoms with Crippen LogP contribution in [0.2, 0.25) is 5.02 Å². The number of aryl methyl sites for hydroxylation is 1. The summed E-state index contributed by atoms with van der Waals surface area (Å²) < 4.78 is 5.11. The maximum Gasteiger partial charge on any atom is 0.150 e. The summed E-state index contributed by atoms with van der Waals surface area (Å²) in [5.74, 6) is 0.666. The Balaban J connectivity index is 2.55. The zero-order valence-corrected chi connectivity index (χ0v) is 11.0. The fourth-order valence-corrected chi connectivity index (χ4v) is 1.97.